The third-order valence-corrected chi connectivity index (χ3v) is 12.1. The lowest BCUT2D eigenvalue weighted by Crippen LogP contribution is -2.53. The molecular formula is C30H48N2O2. The second kappa shape index (κ2) is 8.42. The maximum Gasteiger partial charge on any atom is 0.155 e. The first-order valence-electron chi connectivity index (χ1n) is 14.6. The predicted molar refractivity (Wildman–Crippen MR) is 136 cm³/mol. The van der Waals surface area contributed by atoms with Crippen LogP contribution < -0.4 is 5.73 Å². The molecule has 5 fully saturated rings. The van der Waals surface area contributed by atoms with Crippen molar-refractivity contribution in [2.24, 2.45) is 52.6 Å². The van der Waals surface area contributed by atoms with E-state index in [9.17, 15) is 4.79 Å². The standard InChI is InChI=1S/C30H48N2O2/c1-18-13-27-28(32(17-18)12-11-31)20(3)30(34-27)10-8-23-24-6-5-21-14-22(33)7-9-29(21,4)26(24)15-25(23)19(2)16-30/h14,18-20,23-28H,5-13,15-17,31H2,1-4H3/t18-,19?,20+,23-,24-,25?,26-,27+,28-,29-,30-/m0/s1. The van der Waals surface area contributed by atoms with Gasteiger partial charge in [0.1, 0.15) is 0 Å². The maximum absolute atomic E-state index is 12.2. The largest absolute Gasteiger partial charge is 0.370 e. The number of likely N-dealkylation sites (tertiary alicyclic amines) is 1. The van der Waals surface area contributed by atoms with Crippen molar-refractivity contribution in [2.75, 3.05) is 19.6 Å². The number of nitrogens with two attached hydrogens (primary N) is 1. The smallest absolute Gasteiger partial charge is 0.155 e. The number of carbonyl (C=O) groups is 1. The van der Waals surface area contributed by atoms with E-state index in [1.54, 1.807) is 0 Å². The van der Waals surface area contributed by atoms with Crippen LogP contribution in [0.15, 0.2) is 11.6 Å². The third-order valence-electron chi connectivity index (χ3n) is 12.1. The van der Waals surface area contributed by atoms with Crippen LogP contribution in [0.3, 0.4) is 0 Å². The molecule has 1 spiro atoms. The zero-order valence-electron chi connectivity index (χ0n) is 22.1. The van der Waals surface area contributed by atoms with Crippen LogP contribution in [-0.4, -0.2) is 48.1 Å². The zero-order valence-corrected chi connectivity index (χ0v) is 22.1. The Hall–Kier alpha value is -0.710. The summed E-state index contributed by atoms with van der Waals surface area (Å²) in [6, 6.07) is 0.554. The van der Waals surface area contributed by atoms with Crippen LogP contribution in [0, 0.1) is 46.8 Å². The molecule has 0 aromatic heterocycles. The molecular weight excluding hydrogens is 420 g/mol. The van der Waals surface area contributed by atoms with Gasteiger partial charge in [-0.1, -0.05) is 33.3 Å². The van der Waals surface area contributed by atoms with Gasteiger partial charge in [-0.3, -0.25) is 9.69 Å². The number of ketones is 1. The average molecular weight is 469 g/mol. The first-order chi connectivity index (χ1) is 16.3. The summed E-state index contributed by atoms with van der Waals surface area (Å²) in [6.07, 6.45) is 13.2. The monoisotopic (exact) mass is 468 g/mol. The molecule has 0 aromatic rings. The third kappa shape index (κ3) is 3.44. The number of carbonyl (C=O) groups excluding carboxylic acids is 1. The normalized spacial score (nSPS) is 53.0. The molecule has 2 aliphatic heterocycles. The summed E-state index contributed by atoms with van der Waals surface area (Å²) in [4.78, 5) is 14.9. The first-order valence-corrected chi connectivity index (χ1v) is 14.6. The van der Waals surface area contributed by atoms with Gasteiger partial charge in [0.15, 0.2) is 5.78 Å². The summed E-state index contributed by atoms with van der Waals surface area (Å²) in [5.41, 5.74) is 7.88. The number of rotatable bonds is 2. The first kappa shape index (κ1) is 23.7. The zero-order chi connectivity index (χ0) is 23.8. The molecule has 6 aliphatic rings. The summed E-state index contributed by atoms with van der Waals surface area (Å²) < 4.78 is 7.19. The Bertz CT molecular complexity index is 855. The number of hydrogen-bond donors (Lipinski definition) is 1. The van der Waals surface area contributed by atoms with Crippen LogP contribution in [0.2, 0.25) is 0 Å². The predicted octanol–water partition coefficient (Wildman–Crippen LogP) is 5.21. The van der Waals surface area contributed by atoms with Crippen LogP contribution in [0.4, 0.5) is 0 Å². The van der Waals surface area contributed by atoms with Crippen LogP contribution >= 0.6 is 0 Å². The van der Waals surface area contributed by atoms with Gasteiger partial charge in [0, 0.05) is 38.0 Å². The number of nitrogens with zero attached hydrogens (tertiary/aromatic N) is 1. The van der Waals surface area contributed by atoms with E-state index in [4.69, 9.17) is 10.5 Å². The number of fused-ring (bicyclic) bond motifs is 6. The van der Waals surface area contributed by atoms with E-state index < -0.39 is 0 Å². The highest BCUT2D eigenvalue weighted by Crippen LogP contribution is 2.65. The highest BCUT2D eigenvalue weighted by Gasteiger charge is 2.61. The van der Waals surface area contributed by atoms with Crippen LogP contribution in [0.5, 0.6) is 0 Å². The second-order valence-corrected chi connectivity index (χ2v) is 13.8. The van der Waals surface area contributed by atoms with Crippen LogP contribution in [-0.2, 0) is 9.53 Å². The lowest BCUT2D eigenvalue weighted by atomic mass is 9.56. The SMILES string of the molecule is CC1C[C@]2(CC[C@@H]3C1C[C@H]1[C@H]3CCC3=CC(=O)CC[C@@]31C)O[C@@H]1C[C@H](C)CN(CCN)[C@H]1[C@H]2C. The molecule has 4 heteroatoms. The molecule has 2 heterocycles. The van der Waals surface area contributed by atoms with Crippen molar-refractivity contribution in [3.63, 3.8) is 0 Å². The van der Waals surface area contributed by atoms with E-state index in [0.717, 1.165) is 61.9 Å². The van der Waals surface area contributed by atoms with Crippen molar-refractivity contribution in [3.8, 4) is 0 Å². The van der Waals surface area contributed by atoms with E-state index in [0.29, 0.717) is 29.8 Å². The average Bonchev–Trinajstić information content (AvgIpc) is 3.25. The van der Waals surface area contributed by atoms with Gasteiger partial charge in [0.25, 0.3) is 0 Å². The molecule has 0 aromatic carbocycles. The van der Waals surface area contributed by atoms with Gasteiger partial charge in [-0.15, -0.1) is 0 Å². The Kier molecular flexibility index (Phi) is 5.86. The Balaban J connectivity index is 1.24. The minimum Gasteiger partial charge on any atom is -0.370 e. The van der Waals surface area contributed by atoms with E-state index in [1.807, 2.05) is 0 Å². The highest BCUT2D eigenvalue weighted by molar-refractivity contribution is 5.91. The minimum atomic E-state index is 0.0619. The molecule has 4 aliphatic carbocycles. The van der Waals surface area contributed by atoms with Gasteiger partial charge in [0.05, 0.1) is 11.7 Å². The van der Waals surface area contributed by atoms with Crippen molar-refractivity contribution < 1.29 is 9.53 Å². The van der Waals surface area contributed by atoms with Crippen molar-refractivity contribution in [1.82, 2.24) is 4.90 Å². The van der Waals surface area contributed by atoms with E-state index >= 15 is 0 Å². The number of ether oxygens (including phenoxy) is 1. The lowest BCUT2D eigenvalue weighted by molar-refractivity contribution is -0.116. The molecule has 190 valence electrons. The molecule has 6 rings (SSSR count). The topological polar surface area (TPSA) is 55.6 Å². The van der Waals surface area contributed by atoms with Crippen molar-refractivity contribution >= 4 is 5.78 Å². The molecule has 2 unspecified atom stereocenters. The van der Waals surface area contributed by atoms with Gasteiger partial charge in [-0.2, -0.15) is 0 Å². The Labute approximate surface area is 207 Å². The van der Waals surface area contributed by atoms with Crippen molar-refractivity contribution in [2.45, 2.75) is 103 Å². The summed E-state index contributed by atoms with van der Waals surface area (Å²) in [7, 11) is 0. The Morgan fingerprint density at radius 1 is 1.09 bits per heavy atom. The second-order valence-electron chi connectivity index (χ2n) is 13.8. The molecule has 0 radical (unpaired) electrons. The molecule has 3 saturated carbocycles. The summed E-state index contributed by atoms with van der Waals surface area (Å²) in [6.45, 7) is 12.9. The van der Waals surface area contributed by atoms with Gasteiger partial charge in [-0.05, 0) is 98.4 Å². The van der Waals surface area contributed by atoms with Gasteiger partial charge < -0.3 is 10.5 Å². The fourth-order valence-electron chi connectivity index (χ4n) is 10.5. The van der Waals surface area contributed by atoms with Crippen molar-refractivity contribution in [3.05, 3.63) is 11.6 Å². The molecule has 11 atom stereocenters. The quantitative estimate of drug-likeness (QED) is 0.605. The molecule has 0 bridgehead atoms. The fourth-order valence-corrected chi connectivity index (χ4v) is 10.5. The summed E-state index contributed by atoms with van der Waals surface area (Å²) >= 11 is 0. The highest BCUT2D eigenvalue weighted by atomic mass is 16.5. The molecule has 4 nitrogen and oxygen atoms in total. The molecule has 2 saturated heterocycles. The van der Waals surface area contributed by atoms with Gasteiger partial charge in [-0.25, -0.2) is 0 Å². The number of allylic oxidation sites excluding steroid dienone is 2. The minimum absolute atomic E-state index is 0.0619. The Morgan fingerprint density at radius 2 is 1.91 bits per heavy atom. The fraction of sp³-hybridized carbons (Fsp3) is 0.900. The van der Waals surface area contributed by atoms with Crippen LogP contribution in [0.1, 0.15) is 85.5 Å². The maximum atomic E-state index is 12.2. The number of hydrogen-bond acceptors (Lipinski definition) is 4. The molecule has 2 N–H and O–H groups in total. The van der Waals surface area contributed by atoms with E-state index in [2.05, 4.69) is 38.7 Å². The van der Waals surface area contributed by atoms with Gasteiger partial charge in [0.2, 0.25) is 0 Å². The van der Waals surface area contributed by atoms with Crippen LogP contribution in [0.25, 0.3) is 0 Å². The van der Waals surface area contributed by atoms with Crippen molar-refractivity contribution in [1.29, 1.82) is 0 Å². The lowest BCUT2D eigenvalue weighted by Gasteiger charge is -2.48. The van der Waals surface area contributed by atoms with Gasteiger partial charge >= 0.3 is 0 Å². The molecule has 0 amide bonds. The Morgan fingerprint density at radius 3 is 2.71 bits per heavy atom. The summed E-state index contributed by atoms with van der Waals surface area (Å²) in [5, 5.41) is 0. The number of piperidine rings is 1. The van der Waals surface area contributed by atoms with E-state index in [1.165, 1.54) is 50.6 Å². The summed E-state index contributed by atoms with van der Waals surface area (Å²) in [5.74, 6) is 5.72. The van der Waals surface area contributed by atoms with E-state index in [-0.39, 0.29) is 11.0 Å². The molecule has 34 heavy (non-hydrogen) atoms.